The summed E-state index contributed by atoms with van der Waals surface area (Å²) in [5.74, 6) is 0.641. The number of amides is 1. The predicted octanol–water partition coefficient (Wildman–Crippen LogP) is 3.81. The number of nitrogens with two attached hydrogens (primary N) is 1. The van der Waals surface area contributed by atoms with Crippen molar-refractivity contribution in [2.75, 3.05) is 18.5 Å². The third kappa shape index (κ3) is 4.06. The van der Waals surface area contributed by atoms with Crippen molar-refractivity contribution < 1.29 is 4.79 Å². The number of thioether (sulfide) groups is 1. The molecule has 1 aliphatic rings. The Labute approximate surface area is 129 Å². The van der Waals surface area contributed by atoms with Gasteiger partial charge < -0.3 is 10.6 Å². The van der Waals surface area contributed by atoms with Crippen LogP contribution in [0.1, 0.15) is 32.1 Å². The highest BCUT2D eigenvalue weighted by molar-refractivity contribution is 8.00. The van der Waals surface area contributed by atoms with Crippen LogP contribution in [0.15, 0.2) is 23.1 Å². The van der Waals surface area contributed by atoms with Crippen LogP contribution in [0.25, 0.3) is 0 Å². The van der Waals surface area contributed by atoms with Gasteiger partial charge in [0.05, 0.1) is 16.5 Å². The second-order valence-corrected chi connectivity index (χ2v) is 6.72. The lowest BCUT2D eigenvalue weighted by molar-refractivity contribution is -0.129. The van der Waals surface area contributed by atoms with Crippen LogP contribution >= 0.6 is 23.4 Å². The number of hydrogen-bond acceptors (Lipinski definition) is 3. The molecule has 3 nitrogen and oxygen atoms in total. The zero-order valence-corrected chi connectivity index (χ0v) is 13.3. The van der Waals surface area contributed by atoms with Crippen LogP contribution in [0.3, 0.4) is 0 Å². The average Bonchev–Trinajstić information content (AvgIpc) is 2.48. The minimum atomic E-state index is 0.190. The maximum atomic E-state index is 12.2. The van der Waals surface area contributed by atoms with Gasteiger partial charge in [-0.25, -0.2) is 0 Å². The molecule has 1 amide bonds. The summed E-state index contributed by atoms with van der Waals surface area (Å²) in [4.78, 5) is 15.1. The molecular formula is C15H21ClN2OS. The van der Waals surface area contributed by atoms with Crippen molar-refractivity contribution in [2.24, 2.45) is 0 Å². The molecule has 0 atom stereocenters. The lowest BCUT2D eigenvalue weighted by atomic mass is 9.94. The number of nitrogen functional groups attached to an aromatic ring is 1. The molecule has 1 aliphatic carbocycles. The van der Waals surface area contributed by atoms with E-state index in [-0.39, 0.29) is 5.91 Å². The minimum absolute atomic E-state index is 0.190. The van der Waals surface area contributed by atoms with E-state index in [0.717, 1.165) is 17.7 Å². The normalized spacial score (nSPS) is 16.1. The second-order valence-electron chi connectivity index (χ2n) is 5.27. The van der Waals surface area contributed by atoms with Gasteiger partial charge >= 0.3 is 0 Å². The summed E-state index contributed by atoms with van der Waals surface area (Å²) < 4.78 is 0. The van der Waals surface area contributed by atoms with Gasteiger partial charge in [-0.2, -0.15) is 0 Å². The van der Waals surface area contributed by atoms with Gasteiger partial charge in [0.15, 0.2) is 0 Å². The van der Waals surface area contributed by atoms with Crippen molar-refractivity contribution in [3.05, 3.63) is 23.2 Å². The van der Waals surface area contributed by atoms with Crippen LogP contribution in [-0.2, 0) is 4.79 Å². The molecule has 1 aromatic rings. The van der Waals surface area contributed by atoms with E-state index < -0.39 is 0 Å². The van der Waals surface area contributed by atoms with Crippen molar-refractivity contribution in [3.63, 3.8) is 0 Å². The Bertz CT molecular complexity index is 475. The fourth-order valence-electron chi connectivity index (χ4n) is 2.52. The first-order valence-corrected chi connectivity index (χ1v) is 8.38. The van der Waals surface area contributed by atoms with E-state index in [2.05, 4.69) is 0 Å². The molecule has 1 aromatic carbocycles. The van der Waals surface area contributed by atoms with Crippen molar-refractivity contribution in [1.29, 1.82) is 0 Å². The molecule has 20 heavy (non-hydrogen) atoms. The minimum Gasteiger partial charge on any atom is -0.398 e. The Morgan fingerprint density at radius 3 is 2.75 bits per heavy atom. The van der Waals surface area contributed by atoms with Gasteiger partial charge in [-0.15, -0.1) is 11.8 Å². The molecule has 0 radical (unpaired) electrons. The van der Waals surface area contributed by atoms with E-state index in [4.69, 9.17) is 17.3 Å². The smallest absolute Gasteiger partial charge is 0.232 e. The number of anilines is 1. The Balaban J connectivity index is 1.86. The number of benzene rings is 1. The van der Waals surface area contributed by atoms with Crippen LogP contribution in [0.5, 0.6) is 0 Å². The molecule has 0 unspecified atom stereocenters. The van der Waals surface area contributed by atoms with E-state index in [9.17, 15) is 4.79 Å². The first-order chi connectivity index (χ1) is 9.58. The molecule has 0 saturated heterocycles. The molecule has 2 rings (SSSR count). The highest BCUT2D eigenvalue weighted by Gasteiger charge is 2.21. The Kier molecular flexibility index (Phi) is 5.61. The lowest BCUT2D eigenvalue weighted by Gasteiger charge is -2.31. The molecule has 1 fully saturated rings. The summed E-state index contributed by atoms with van der Waals surface area (Å²) in [6.07, 6.45) is 6.06. The van der Waals surface area contributed by atoms with Gasteiger partial charge in [0.2, 0.25) is 5.91 Å². The predicted molar refractivity (Wildman–Crippen MR) is 86.2 cm³/mol. The number of nitrogens with zero attached hydrogens (tertiary/aromatic N) is 1. The topological polar surface area (TPSA) is 46.3 Å². The third-order valence-electron chi connectivity index (χ3n) is 3.85. The van der Waals surface area contributed by atoms with Crippen molar-refractivity contribution in [2.45, 2.75) is 43.0 Å². The second kappa shape index (κ2) is 7.23. The van der Waals surface area contributed by atoms with E-state index in [1.54, 1.807) is 6.07 Å². The van der Waals surface area contributed by atoms with Gasteiger partial charge in [-0.3, -0.25) is 4.79 Å². The zero-order valence-electron chi connectivity index (χ0n) is 11.8. The maximum Gasteiger partial charge on any atom is 0.232 e. The average molecular weight is 313 g/mol. The van der Waals surface area contributed by atoms with Crippen LogP contribution in [0.4, 0.5) is 5.69 Å². The quantitative estimate of drug-likeness (QED) is 0.679. The third-order valence-corrected chi connectivity index (χ3v) is 5.16. The SMILES string of the molecule is CN(C(=O)CSc1ccc(N)c(Cl)c1)C1CCCCC1. The molecule has 0 bridgehead atoms. The van der Waals surface area contributed by atoms with Crippen molar-refractivity contribution in [3.8, 4) is 0 Å². The molecule has 0 heterocycles. The van der Waals surface area contributed by atoms with Crippen LogP contribution < -0.4 is 5.73 Å². The van der Waals surface area contributed by atoms with Crippen molar-refractivity contribution in [1.82, 2.24) is 4.90 Å². The largest absolute Gasteiger partial charge is 0.398 e. The van der Waals surface area contributed by atoms with Gasteiger partial charge in [-0.05, 0) is 31.0 Å². The number of carbonyl (C=O) groups excluding carboxylic acids is 1. The highest BCUT2D eigenvalue weighted by Crippen LogP contribution is 2.27. The summed E-state index contributed by atoms with van der Waals surface area (Å²) in [5, 5.41) is 0.545. The lowest BCUT2D eigenvalue weighted by Crippen LogP contribution is -2.39. The fourth-order valence-corrected chi connectivity index (χ4v) is 3.62. The highest BCUT2D eigenvalue weighted by atomic mass is 35.5. The van der Waals surface area contributed by atoms with E-state index in [0.29, 0.717) is 22.5 Å². The molecule has 0 spiro atoms. The molecule has 0 aliphatic heterocycles. The first-order valence-electron chi connectivity index (χ1n) is 7.01. The number of rotatable bonds is 4. The van der Waals surface area contributed by atoms with Gasteiger partial charge in [0, 0.05) is 18.0 Å². The van der Waals surface area contributed by atoms with Crippen molar-refractivity contribution >= 4 is 35.0 Å². The number of halogens is 1. The molecule has 0 aromatic heterocycles. The molecule has 2 N–H and O–H groups in total. The Hall–Kier alpha value is -0.870. The van der Waals surface area contributed by atoms with Gasteiger partial charge in [0.25, 0.3) is 0 Å². The summed E-state index contributed by atoms with van der Waals surface area (Å²) in [7, 11) is 1.93. The fraction of sp³-hybridized carbons (Fsp3) is 0.533. The van der Waals surface area contributed by atoms with Gasteiger partial charge in [0.1, 0.15) is 0 Å². The summed E-state index contributed by atoms with van der Waals surface area (Å²) in [6, 6.07) is 5.92. The standard InChI is InChI=1S/C15H21ClN2OS/c1-18(11-5-3-2-4-6-11)15(19)10-20-12-7-8-14(17)13(16)9-12/h7-9,11H,2-6,10,17H2,1H3. The van der Waals surface area contributed by atoms with Gasteiger partial charge in [-0.1, -0.05) is 30.9 Å². The molecule has 1 saturated carbocycles. The Morgan fingerprint density at radius 1 is 1.40 bits per heavy atom. The zero-order chi connectivity index (χ0) is 14.5. The molecular weight excluding hydrogens is 292 g/mol. The summed E-state index contributed by atoms with van der Waals surface area (Å²) >= 11 is 7.49. The van der Waals surface area contributed by atoms with Crippen LogP contribution in [-0.4, -0.2) is 29.6 Å². The summed E-state index contributed by atoms with van der Waals surface area (Å²) in [5.41, 5.74) is 6.25. The number of hydrogen-bond donors (Lipinski definition) is 1. The molecule has 110 valence electrons. The monoisotopic (exact) mass is 312 g/mol. The van der Waals surface area contributed by atoms with E-state index in [1.165, 1.54) is 31.0 Å². The number of carbonyl (C=O) groups is 1. The van der Waals surface area contributed by atoms with Crippen LogP contribution in [0.2, 0.25) is 5.02 Å². The maximum absolute atomic E-state index is 12.2. The Morgan fingerprint density at radius 2 is 2.10 bits per heavy atom. The van der Waals surface area contributed by atoms with E-state index in [1.807, 2.05) is 24.1 Å². The first kappa shape index (κ1) is 15.5. The summed E-state index contributed by atoms with van der Waals surface area (Å²) in [6.45, 7) is 0. The molecule has 5 heteroatoms. The van der Waals surface area contributed by atoms with Crippen LogP contribution in [0, 0.1) is 0 Å². The van der Waals surface area contributed by atoms with E-state index >= 15 is 0 Å².